The van der Waals surface area contributed by atoms with Gasteiger partial charge in [0.25, 0.3) is 0 Å². The van der Waals surface area contributed by atoms with E-state index in [2.05, 4.69) is 36.0 Å². The van der Waals surface area contributed by atoms with E-state index in [9.17, 15) is 0 Å². The smallest absolute Gasteiger partial charge is 0.225 e. The number of rotatable bonds is 5. The zero-order chi connectivity index (χ0) is 13.5. The van der Waals surface area contributed by atoms with Crippen molar-refractivity contribution in [2.45, 2.75) is 12.8 Å². The Labute approximate surface area is 120 Å². The normalized spacial score (nSPS) is 15.5. The van der Waals surface area contributed by atoms with Crippen LogP contribution in [0.5, 0.6) is 0 Å². The standard InChI is InChI=1S/C12H17BrN4O2/c1-18-6-7-19-16-11-2-4-17(5-3-11)12-14-8-10(13)9-15-12/h8-9H,2-7H2,1H3. The largest absolute Gasteiger partial charge is 0.393 e. The Morgan fingerprint density at radius 3 is 2.58 bits per heavy atom. The van der Waals surface area contributed by atoms with E-state index < -0.39 is 0 Å². The fraction of sp³-hybridized carbons (Fsp3) is 0.583. The number of hydrogen-bond acceptors (Lipinski definition) is 6. The average molecular weight is 329 g/mol. The van der Waals surface area contributed by atoms with Gasteiger partial charge in [0.1, 0.15) is 6.61 Å². The molecule has 0 amide bonds. The fourth-order valence-electron chi connectivity index (χ4n) is 1.78. The highest BCUT2D eigenvalue weighted by Gasteiger charge is 2.17. The van der Waals surface area contributed by atoms with Crippen LogP contribution in [0.4, 0.5) is 5.95 Å². The van der Waals surface area contributed by atoms with E-state index in [1.807, 2.05) is 0 Å². The van der Waals surface area contributed by atoms with Crippen LogP contribution < -0.4 is 4.90 Å². The van der Waals surface area contributed by atoms with Gasteiger partial charge < -0.3 is 14.5 Å². The second-order valence-corrected chi connectivity index (χ2v) is 5.09. The topological polar surface area (TPSA) is 59.8 Å². The first-order chi connectivity index (χ1) is 9.29. The lowest BCUT2D eigenvalue weighted by atomic mass is 10.1. The van der Waals surface area contributed by atoms with Crippen molar-refractivity contribution >= 4 is 27.6 Å². The number of nitrogens with zero attached hydrogens (tertiary/aromatic N) is 4. The van der Waals surface area contributed by atoms with E-state index >= 15 is 0 Å². The van der Waals surface area contributed by atoms with Gasteiger partial charge in [0.15, 0.2) is 0 Å². The van der Waals surface area contributed by atoms with Crippen molar-refractivity contribution in [3.8, 4) is 0 Å². The maximum Gasteiger partial charge on any atom is 0.225 e. The molecule has 0 bridgehead atoms. The van der Waals surface area contributed by atoms with Crippen molar-refractivity contribution in [2.75, 3.05) is 38.3 Å². The van der Waals surface area contributed by atoms with E-state index in [4.69, 9.17) is 9.57 Å². The first kappa shape index (κ1) is 14.2. The minimum absolute atomic E-state index is 0.500. The highest BCUT2D eigenvalue weighted by molar-refractivity contribution is 9.10. The van der Waals surface area contributed by atoms with E-state index in [0.717, 1.165) is 42.1 Å². The summed E-state index contributed by atoms with van der Waals surface area (Å²) in [6, 6.07) is 0. The summed E-state index contributed by atoms with van der Waals surface area (Å²) in [5.41, 5.74) is 1.09. The highest BCUT2D eigenvalue weighted by atomic mass is 79.9. The number of halogens is 1. The number of anilines is 1. The minimum atomic E-state index is 0.500. The van der Waals surface area contributed by atoms with Crippen LogP contribution in [0.15, 0.2) is 22.0 Å². The molecule has 1 fully saturated rings. The Morgan fingerprint density at radius 2 is 1.95 bits per heavy atom. The predicted octanol–water partition coefficient (Wildman–Crippen LogP) is 1.86. The van der Waals surface area contributed by atoms with Crippen LogP contribution in [0.2, 0.25) is 0 Å². The van der Waals surface area contributed by atoms with Gasteiger partial charge in [-0.25, -0.2) is 9.97 Å². The Morgan fingerprint density at radius 1 is 1.26 bits per heavy atom. The second kappa shape index (κ2) is 7.40. The van der Waals surface area contributed by atoms with Gasteiger partial charge in [0.2, 0.25) is 5.95 Å². The number of ether oxygens (including phenoxy) is 1. The molecule has 7 heteroatoms. The SMILES string of the molecule is COCCON=C1CCN(c2ncc(Br)cn2)CC1. The minimum Gasteiger partial charge on any atom is -0.393 e. The molecule has 1 aromatic rings. The Kier molecular flexibility index (Phi) is 5.53. The lowest BCUT2D eigenvalue weighted by Gasteiger charge is -2.27. The molecule has 1 aliphatic rings. The van der Waals surface area contributed by atoms with Gasteiger partial charge in [0, 0.05) is 45.4 Å². The molecule has 0 atom stereocenters. The summed E-state index contributed by atoms with van der Waals surface area (Å²) >= 11 is 3.33. The van der Waals surface area contributed by atoms with E-state index in [1.54, 1.807) is 19.5 Å². The van der Waals surface area contributed by atoms with Crippen molar-refractivity contribution in [3.63, 3.8) is 0 Å². The summed E-state index contributed by atoms with van der Waals surface area (Å²) in [5, 5.41) is 4.12. The molecular formula is C12H17BrN4O2. The van der Waals surface area contributed by atoms with Crippen LogP contribution >= 0.6 is 15.9 Å². The van der Waals surface area contributed by atoms with Crippen molar-refractivity contribution in [3.05, 3.63) is 16.9 Å². The molecule has 19 heavy (non-hydrogen) atoms. The molecule has 0 radical (unpaired) electrons. The predicted molar refractivity (Wildman–Crippen MR) is 76.4 cm³/mol. The van der Waals surface area contributed by atoms with Crippen LogP contribution in [-0.4, -0.2) is 49.1 Å². The first-order valence-electron chi connectivity index (χ1n) is 6.18. The second-order valence-electron chi connectivity index (χ2n) is 4.17. The van der Waals surface area contributed by atoms with Gasteiger partial charge in [0.05, 0.1) is 16.8 Å². The number of piperidine rings is 1. The molecule has 2 rings (SSSR count). The van der Waals surface area contributed by atoms with Crippen molar-refractivity contribution in [1.82, 2.24) is 9.97 Å². The summed E-state index contributed by atoms with van der Waals surface area (Å²) in [5.74, 6) is 0.766. The summed E-state index contributed by atoms with van der Waals surface area (Å²) in [4.78, 5) is 15.9. The Balaban J connectivity index is 1.80. The lowest BCUT2D eigenvalue weighted by Crippen LogP contribution is -2.35. The summed E-state index contributed by atoms with van der Waals surface area (Å²) < 4.78 is 5.78. The van der Waals surface area contributed by atoms with Crippen LogP contribution in [0.3, 0.4) is 0 Å². The fourth-order valence-corrected chi connectivity index (χ4v) is 1.99. The zero-order valence-electron chi connectivity index (χ0n) is 10.9. The third-order valence-corrected chi connectivity index (χ3v) is 3.21. The number of oxime groups is 1. The van der Waals surface area contributed by atoms with E-state index in [0.29, 0.717) is 13.2 Å². The van der Waals surface area contributed by atoms with E-state index in [1.165, 1.54) is 0 Å². The molecule has 1 aliphatic heterocycles. The Hall–Kier alpha value is -1.21. The van der Waals surface area contributed by atoms with Gasteiger partial charge in [-0.05, 0) is 15.9 Å². The third-order valence-electron chi connectivity index (χ3n) is 2.80. The molecule has 104 valence electrons. The summed E-state index contributed by atoms with van der Waals surface area (Å²) in [6.07, 6.45) is 5.29. The zero-order valence-corrected chi connectivity index (χ0v) is 12.5. The molecule has 0 aliphatic carbocycles. The van der Waals surface area contributed by atoms with Gasteiger partial charge in [-0.1, -0.05) is 5.16 Å². The molecule has 0 aromatic carbocycles. The van der Waals surface area contributed by atoms with Crippen LogP contribution in [0.1, 0.15) is 12.8 Å². The van der Waals surface area contributed by atoms with Gasteiger partial charge in [-0.2, -0.15) is 0 Å². The van der Waals surface area contributed by atoms with Crippen molar-refractivity contribution in [2.24, 2.45) is 5.16 Å². The summed E-state index contributed by atoms with van der Waals surface area (Å²) in [7, 11) is 1.65. The maximum absolute atomic E-state index is 5.18. The Bertz CT molecular complexity index is 414. The monoisotopic (exact) mass is 328 g/mol. The third kappa shape index (κ3) is 4.43. The van der Waals surface area contributed by atoms with Gasteiger partial charge >= 0.3 is 0 Å². The molecule has 0 spiro atoms. The van der Waals surface area contributed by atoms with Crippen molar-refractivity contribution < 1.29 is 9.57 Å². The molecule has 0 N–H and O–H groups in total. The number of aromatic nitrogens is 2. The van der Waals surface area contributed by atoms with Crippen molar-refractivity contribution in [1.29, 1.82) is 0 Å². The van der Waals surface area contributed by atoms with Gasteiger partial charge in [-0.15, -0.1) is 0 Å². The van der Waals surface area contributed by atoms with Gasteiger partial charge in [-0.3, -0.25) is 0 Å². The molecule has 0 unspecified atom stereocenters. The van der Waals surface area contributed by atoms with Crippen LogP contribution in [0, 0.1) is 0 Å². The molecule has 2 heterocycles. The number of hydrogen-bond donors (Lipinski definition) is 0. The lowest BCUT2D eigenvalue weighted by molar-refractivity contribution is 0.0743. The number of methoxy groups -OCH3 is 1. The molecule has 0 saturated carbocycles. The maximum atomic E-state index is 5.18. The average Bonchev–Trinajstić information content (AvgIpc) is 2.45. The summed E-state index contributed by atoms with van der Waals surface area (Å²) in [6.45, 7) is 2.80. The van der Waals surface area contributed by atoms with Crippen LogP contribution in [0.25, 0.3) is 0 Å². The molecule has 6 nitrogen and oxygen atoms in total. The first-order valence-corrected chi connectivity index (χ1v) is 6.98. The molecule has 1 aromatic heterocycles. The highest BCUT2D eigenvalue weighted by Crippen LogP contribution is 2.15. The quantitative estimate of drug-likeness (QED) is 0.610. The molecule has 1 saturated heterocycles. The van der Waals surface area contributed by atoms with E-state index in [-0.39, 0.29) is 0 Å². The van der Waals surface area contributed by atoms with Crippen LogP contribution in [-0.2, 0) is 9.57 Å². The molecular weight excluding hydrogens is 312 g/mol.